The zero-order chi connectivity index (χ0) is 14.9. The van der Waals surface area contributed by atoms with Gasteiger partial charge in [-0.25, -0.2) is 9.59 Å². The molecule has 1 fully saturated rings. The highest BCUT2D eigenvalue weighted by molar-refractivity contribution is 7.80. The number of thiol groups is 1. The molecule has 1 saturated heterocycles. The van der Waals surface area contributed by atoms with Crippen LogP contribution in [0.3, 0.4) is 0 Å². The average Bonchev–Trinajstić information content (AvgIpc) is 2.79. The third kappa shape index (κ3) is 2.62. The number of anilines is 1. The Morgan fingerprint density at radius 1 is 1.25 bits per heavy atom. The van der Waals surface area contributed by atoms with Gasteiger partial charge in [0.05, 0.1) is 11.1 Å². The molecule has 106 valence electrons. The van der Waals surface area contributed by atoms with Gasteiger partial charge in [-0.05, 0) is 29.9 Å². The van der Waals surface area contributed by atoms with Gasteiger partial charge in [0.2, 0.25) is 5.91 Å². The number of nitrogens with zero attached hydrogens (tertiary/aromatic N) is 1. The molecule has 1 aliphatic rings. The number of carbonyl (C=O) groups is 3. The van der Waals surface area contributed by atoms with Crippen LogP contribution >= 0.6 is 12.6 Å². The Hall–Kier alpha value is -2.02. The second-order valence-corrected chi connectivity index (χ2v) is 4.96. The molecule has 0 spiro atoms. The van der Waals surface area contributed by atoms with Crippen molar-refractivity contribution in [2.45, 2.75) is 6.42 Å². The minimum atomic E-state index is -1.33. The van der Waals surface area contributed by atoms with E-state index < -0.39 is 11.9 Å². The molecular formula is C13H13NO5S. The first-order valence-corrected chi connectivity index (χ1v) is 6.59. The van der Waals surface area contributed by atoms with Gasteiger partial charge in [-0.1, -0.05) is 0 Å². The molecule has 1 amide bonds. The first-order chi connectivity index (χ1) is 9.43. The van der Waals surface area contributed by atoms with Crippen LogP contribution in [0.15, 0.2) is 18.2 Å². The largest absolute Gasteiger partial charge is 0.478 e. The van der Waals surface area contributed by atoms with Gasteiger partial charge in [-0.3, -0.25) is 4.79 Å². The Morgan fingerprint density at radius 2 is 1.90 bits per heavy atom. The van der Waals surface area contributed by atoms with E-state index in [1.54, 1.807) is 0 Å². The summed E-state index contributed by atoms with van der Waals surface area (Å²) >= 11 is 4.15. The normalized spacial score (nSPS) is 18.4. The lowest BCUT2D eigenvalue weighted by Crippen LogP contribution is -2.25. The Morgan fingerprint density at radius 3 is 2.40 bits per heavy atom. The van der Waals surface area contributed by atoms with Crippen molar-refractivity contribution in [1.29, 1.82) is 0 Å². The topological polar surface area (TPSA) is 94.9 Å². The molecular weight excluding hydrogens is 282 g/mol. The lowest BCUT2D eigenvalue weighted by atomic mass is 10.1. The number of rotatable bonds is 4. The summed E-state index contributed by atoms with van der Waals surface area (Å²) in [4.78, 5) is 35.4. The number of carbonyl (C=O) groups excluding carboxylic acids is 1. The van der Waals surface area contributed by atoms with Crippen LogP contribution in [0.25, 0.3) is 0 Å². The molecule has 0 aromatic heterocycles. The molecule has 1 aromatic carbocycles. The van der Waals surface area contributed by atoms with E-state index in [2.05, 4.69) is 12.6 Å². The SMILES string of the molecule is O=C(O)c1ccc(N2CC(CS)CC2=O)cc1C(=O)O. The van der Waals surface area contributed by atoms with Crippen molar-refractivity contribution in [3.63, 3.8) is 0 Å². The van der Waals surface area contributed by atoms with E-state index in [1.165, 1.54) is 23.1 Å². The van der Waals surface area contributed by atoms with Crippen LogP contribution in [0.5, 0.6) is 0 Å². The molecule has 20 heavy (non-hydrogen) atoms. The first kappa shape index (κ1) is 14.4. The van der Waals surface area contributed by atoms with E-state index in [1.807, 2.05) is 0 Å². The van der Waals surface area contributed by atoms with Crippen LogP contribution < -0.4 is 4.90 Å². The van der Waals surface area contributed by atoms with Crippen LogP contribution in [-0.2, 0) is 4.79 Å². The second-order valence-electron chi connectivity index (χ2n) is 4.60. The van der Waals surface area contributed by atoms with E-state index >= 15 is 0 Å². The van der Waals surface area contributed by atoms with Gasteiger partial charge < -0.3 is 15.1 Å². The molecule has 2 N–H and O–H groups in total. The van der Waals surface area contributed by atoms with Gasteiger partial charge in [0.1, 0.15) is 0 Å². The summed E-state index contributed by atoms with van der Waals surface area (Å²) in [7, 11) is 0. The lowest BCUT2D eigenvalue weighted by molar-refractivity contribution is -0.117. The zero-order valence-corrected chi connectivity index (χ0v) is 11.3. The summed E-state index contributed by atoms with van der Waals surface area (Å²) in [6, 6.07) is 3.89. The predicted molar refractivity (Wildman–Crippen MR) is 74.7 cm³/mol. The summed E-state index contributed by atoms with van der Waals surface area (Å²) < 4.78 is 0. The van der Waals surface area contributed by atoms with Crippen molar-refractivity contribution in [3.8, 4) is 0 Å². The highest BCUT2D eigenvalue weighted by Crippen LogP contribution is 2.27. The molecule has 0 saturated carbocycles. The smallest absolute Gasteiger partial charge is 0.336 e. The first-order valence-electron chi connectivity index (χ1n) is 5.96. The standard InChI is InChI=1S/C13H13NO5S/c15-11-3-7(6-20)5-14(11)8-1-2-9(12(16)17)10(4-8)13(18)19/h1-2,4,7,20H,3,5-6H2,(H,16,17)(H,18,19). The van der Waals surface area contributed by atoms with Crippen LogP contribution in [0.2, 0.25) is 0 Å². The number of benzene rings is 1. The third-order valence-corrected chi connectivity index (χ3v) is 3.76. The molecule has 1 aliphatic heterocycles. The summed E-state index contributed by atoms with van der Waals surface area (Å²) in [5.74, 6) is -2.06. The molecule has 1 heterocycles. The van der Waals surface area contributed by atoms with Crippen LogP contribution in [0.1, 0.15) is 27.1 Å². The van der Waals surface area contributed by atoms with E-state index in [4.69, 9.17) is 10.2 Å². The van der Waals surface area contributed by atoms with E-state index in [0.717, 1.165) is 0 Å². The quantitative estimate of drug-likeness (QED) is 0.729. The fourth-order valence-corrected chi connectivity index (χ4v) is 2.46. The van der Waals surface area contributed by atoms with Crippen molar-refractivity contribution >= 4 is 36.2 Å². The number of aromatic carboxylic acids is 2. The van der Waals surface area contributed by atoms with Gasteiger partial charge in [0.25, 0.3) is 0 Å². The van der Waals surface area contributed by atoms with Crippen molar-refractivity contribution in [1.82, 2.24) is 0 Å². The van der Waals surface area contributed by atoms with Gasteiger partial charge in [0.15, 0.2) is 0 Å². The fraction of sp³-hybridized carbons (Fsp3) is 0.308. The molecule has 1 atom stereocenters. The highest BCUT2D eigenvalue weighted by atomic mass is 32.1. The molecule has 1 aromatic rings. The monoisotopic (exact) mass is 295 g/mol. The lowest BCUT2D eigenvalue weighted by Gasteiger charge is -2.17. The minimum absolute atomic E-state index is 0.108. The highest BCUT2D eigenvalue weighted by Gasteiger charge is 2.30. The number of carboxylic acid groups (broad SMARTS) is 2. The zero-order valence-electron chi connectivity index (χ0n) is 10.4. The van der Waals surface area contributed by atoms with Crippen molar-refractivity contribution in [2.75, 3.05) is 17.2 Å². The van der Waals surface area contributed by atoms with Crippen molar-refractivity contribution in [2.24, 2.45) is 5.92 Å². The molecule has 0 aliphatic carbocycles. The Labute approximate surface area is 120 Å². The number of carboxylic acids is 2. The van der Waals surface area contributed by atoms with Gasteiger partial charge in [0, 0.05) is 18.7 Å². The number of amides is 1. The van der Waals surface area contributed by atoms with Crippen LogP contribution in [0, 0.1) is 5.92 Å². The maximum Gasteiger partial charge on any atom is 0.336 e. The maximum absolute atomic E-state index is 11.9. The summed E-state index contributed by atoms with van der Waals surface area (Å²) in [6.07, 6.45) is 0.368. The van der Waals surface area contributed by atoms with Gasteiger partial charge >= 0.3 is 11.9 Å². The minimum Gasteiger partial charge on any atom is -0.478 e. The average molecular weight is 295 g/mol. The number of hydrogen-bond donors (Lipinski definition) is 3. The van der Waals surface area contributed by atoms with Crippen LogP contribution in [0.4, 0.5) is 5.69 Å². The van der Waals surface area contributed by atoms with Gasteiger partial charge in [-0.2, -0.15) is 12.6 Å². The van der Waals surface area contributed by atoms with E-state index in [0.29, 0.717) is 24.4 Å². The molecule has 0 bridgehead atoms. The van der Waals surface area contributed by atoms with Crippen LogP contribution in [-0.4, -0.2) is 40.4 Å². The summed E-state index contributed by atoms with van der Waals surface area (Å²) in [5.41, 5.74) is -0.211. The molecule has 1 unspecified atom stereocenters. The maximum atomic E-state index is 11.9. The molecule has 6 nitrogen and oxygen atoms in total. The second kappa shape index (κ2) is 5.54. The fourth-order valence-electron chi connectivity index (χ4n) is 2.22. The Bertz CT molecular complexity index is 586. The van der Waals surface area contributed by atoms with Crippen molar-refractivity contribution in [3.05, 3.63) is 29.3 Å². The van der Waals surface area contributed by atoms with E-state index in [-0.39, 0.29) is 23.0 Å². The summed E-state index contributed by atoms with van der Waals surface area (Å²) in [6.45, 7) is 0.466. The van der Waals surface area contributed by atoms with E-state index in [9.17, 15) is 14.4 Å². The number of hydrogen-bond acceptors (Lipinski definition) is 4. The molecule has 0 radical (unpaired) electrons. The molecule has 7 heteroatoms. The van der Waals surface area contributed by atoms with Crippen molar-refractivity contribution < 1.29 is 24.6 Å². The molecule has 2 rings (SSSR count). The van der Waals surface area contributed by atoms with Gasteiger partial charge in [-0.15, -0.1) is 0 Å². The third-order valence-electron chi connectivity index (χ3n) is 3.24. The summed E-state index contributed by atoms with van der Waals surface area (Å²) in [5, 5.41) is 18.0. The predicted octanol–water partition coefficient (Wildman–Crippen LogP) is 1.37. The Kier molecular flexibility index (Phi) is 3.99. The Balaban J connectivity index is 2.39.